The average molecular weight is 394 g/mol. The van der Waals surface area contributed by atoms with Crippen molar-refractivity contribution in [3.8, 4) is 12.3 Å². The number of benzene rings is 1. The number of esters is 1. The maximum Gasteiger partial charge on any atom is 0.306 e. The largest absolute Gasteiger partial charge is 0.460 e. The van der Waals surface area contributed by atoms with Gasteiger partial charge in [0.15, 0.2) is 0 Å². The molecule has 0 saturated heterocycles. The molecule has 0 spiro atoms. The molecule has 27 heavy (non-hydrogen) atoms. The van der Waals surface area contributed by atoms with Gasteiger partial charge in [0.2, 0.25) is 10.0 Å². The molecule has 0 fully saturated rings. The van der Waals surface area contributed by atoms with Crippen LogP contribution in [0.15, 0.2) is 29.2 Å². The number of carbonyl (C=O) groups excluding carboxylic acids is 2. The van der Waals surface area contributed by atoms with Crippen LogP contribution in [0.3, 0.4) is 0 Å². The molecule has 0 aliphatic carbocycles. The van der Waals surface area contributed by atoms with Crippen molar-refractivity contribution in [1.29, 1.82) is 0 Å². The maximum absolute atomic E-state index is 12.5. The number of ether oxygens (including phenoxy) is 1. The highest BCUT2D eigenvalue weighted by molar-refractivity contribution is 7.89. The second-order valence-corrected chi connectivity index (χ2v) is 8.74. The first-order chi connectivity index (χ1) is 12.5. The molecule has 0 aliphatic heterocycles. The van der Waals surface area contributed by atoms with Crippen molar-refractivity contribution in [2.45, 2.75) is 44.1 Å². The third kappa shape index (κ3) is 7.81. The summed E-state index contributed by atoms with van der Waals surface area (Å²) in [7, 11) is -2.18. The number of amides is 1. The Morgan fingerprint density at radius 2 is 1.96 bits per heavy atom. The van der Waals surface area contributed by atoms with Crippen LogP contribution in [0.25, 0.3) is 0 Å². The summed E-state index contributed by atoms with van der Waals surface area (Å²) in [5.74, 6) is 1.53. The Kier molecular flexibility index (Phi) is 8.00. The summed E-state index contributed by atoms with van der Waals surface area (Å²) in [4.78, 5) is 25.6. The highest BCUT2D eigenvalue weighted by Gasteiger charge is 2.19. The van der Waals surface area contributed by atoms with Crippen LogP contribution in [0.1, 0.15) is 44.0 Å². The standard InChI is InChI=1S/C19H26N2O5S/c1-6-12-20-27(24,25)16-10-7-9-15(14-16)18(23)21(5)13-8-11-17(22)26-19(2,3)4/h1,7,9-10,14,20H,8,11-13H2,2-5H3. The molecule has 0 saturated carbocycles. The van der Waals surface area contributed by atoms with E-state index in [4.69, 9.17) is 11.2 Å². The SMILES string of the molecule is C#CCNS(=O)(=O)c1cccc(C(=O)N(C)CCCC(=O)OC(C)(C)C)c1. The molecule has 0 heterocycles. The summed E-state index contributed by atoms with van der Waals surface area (Å²) in [6, 6.07) is 5.71. The van der Waals surface area contributed by atoms with E-state index in [0.717, 1.165) is 0 Å². The van der Waals surface area contributed by atoms with Crippen molar-refractivity contribution in [2.75, 3.05) is 20.1 Å². The van der Waals surface area contributed by atoms with Gasteiger partial charge < -0.3 is 9.64 Å². The molecule has 1 rings (SSSR count). The first kappa shape index (κ1) is 22.7. The summed E-state index contributed by atoms with van der Waals surface area (Å²) in [6.45, 7) is 5.58. The Hall–Kier alpha value is -2.37. The first-order valence-corrected chi connectivity index (χ1v) is 9.95. The van der Waals surface area contributed by atoms with Crippen LogP contribution in [0, 0.1) is 12.3 Å². The van der Waals surface area contributed by atoms with Crippen LogP contribution in [0.4, 0.5) is 0 Å². The molecular formula is C19H26N2O5S. The summed E-state index contributed by atoms with van der Waals surface area (Å²) in [5, 5.41) is 0. The Morgan fingerprint density at radius 3 is 2.56 bits per heavy atom. The van der Waals surface area contributed by atoms with E-state index in [9.17, 15) is 18.0 Å². The lowest BCUT2D eigenvalue weighted by molar-refractivity contribution is -0.154. The maximum atomic E-state index is 12.5. The van der Waals surface area contributed by atoms with E-state index in [1.165, 1.54) is 29.2 Å². The number of sulfonamides is 1. The molecular weight excluding hydrogens is 368 g/mol. The molecule has 148 valence electrons. The van der Waals surface area contributed by atoms with Gasteiger partial charge in [-0.3, -0.25) is 9.59 Å². The summed E-state index contributed by atoms with van der Waals surface area (Å²) < 4.78 is 31.7. The van der Waals surface area contributed by atoms with Crippen LogP contribution in [0.5, 0.6) is 0 Å². The van der Waals surface area contributed by atoms with Gasteiger partial charge in [-0.25, -0.2) is 8.42 Å². The minimum absolute atomic E-state index is 0.0363. The number of hydrogen-bond donors (Lipinski definition) is 1. The van der Waals surface area contributed by atoms with Gasteiger partial charge in [0.1, 0.15) is 5.60 Å². The van der Waals surface area contributed by atoms with Crippen LogP contribution < -0.4 is 4.72 Å². The van der Waals surface area contributed by atoms with Crippen molar-refractivity contribution in [3.63, 3.8) is 0 Å². The van der Waals surface area contributed by atoms with E-state index in [1.807, 2.05) is 0 Å². The van der Waals surface area contributed by atoms with Gasteiger partial charge in [0.05, 0.1) is 11.4 Å². The minimum Gasteiger partial charge on any atom is -0.460 e. The molecule has 0 aliphatic rings. The van der Waals surface area contributed by atoms with Crippen molar-refractivity contribution >= 4 is 21.9 Å². The van der Waals surface area contributed by atoms with Crippen LogP contribution in [0.2, 0.25) is 0 Å². The van der Waals surface area contributed by atoms with E-state index in [1.54, 1.807) is 27.8 Å². The fourth-order valence-corrected chi connectivity index (χ4v) is 3.17. The predicted octanol–water partition coefficient (Wildman–Crippen LogP) is 1.79. The van der Waals surface area contributed by atoms with Crippen molar-refractivity contribution in [3.05, 3.63) is 29.8 Å². The van der Waals surface area contributed by atoms with E-state index in [-0.39, 0.29) is 35.3 Å². The zero-order valence-electron chi connectivity index (χ0n) is 16.1. The monoisotopic (exact) mass is 394 g/mol. The highest BCUT2D eigenvalue weighted by Crippen LogP contribution is 2.14. The Morgan fingerprint density at radius 1 is 1.30 bits per heavy atom. The molecule has 7 nitrogen and oxygen atoms in total. The Labute approximate surface area is 161 Å². The molecule has 0 radical (unpaired) electrons. The van der Waals surface area contributed by atoms with Gasteiger partial charge in [-0.05, 0) is 45.4 Å². The van der Waals surface area contributed by atoms with Crippen LogP contribution >= 0.6 is 0 Å². The van der Waals surface area contributed by atoms with E-state index in [2.05, 4.69) is 10.6 Å². The van der Waals surface area contributed by atoms with Gasteiger partial charge in [-0.2, -0.15) is 4.72 Å². The van der Waals surface area contributed by atoms with Crippen LogP contribution in [-0.2, 0) is 19.6 Å². The summed E-state index contributed by atoms with van der Waals surface area (Å²) in [5.41, 5.74) is -0.309. The molecule has 8 heteroatoms. The lowest BCUT2D eigenvalue weighted by atomic mass is 10.2. The summed E-state index contributed by atoms with van der Waals surface area (Å²) in [6.07, 6.45) is 5.70. The summed E-state index contributed by atoms with van der Waals surface area (Å²) >= 11 is 0. The molecule has 1 aromatic rings. The Bertz CT molecular complexity index is 819. The van der Waals surface area contributed by atoms with Crippen LogP contribution in [-0.4, -0.2) is 50.9 Å². The molecule has 0 atom stereocenters. The molecule has 0 aromatic heterocycles. The zero-order valence-corrected chi connectivity index (χ0v) is 16.9. The lowest BCUT2D eigenvalue weighted by Crippen LogP contribution is -2.29. The number of rotatable bonds is 8. The van der Waals surface area contributed by atoms with Crippen molar-refractivity contribution in [1.82, 2.24) is 9.62 Å². The number of terminal acetylenes is 1. The van der Waals surface area contributed by atoms with Crippen molar-refractivity contribution in [2.24, 2.45) is 0 Å². The molecule has 1 amide bonds. The van der Waals surface area contributed by atoms with E-state index >= 15 is 0 Å². The molecule has 0 unspecified atom stereocenters. The molecule has 1 N–H and O–H groups in total. The van der Waals surface area contributed by atoms with E-state index in [0.29, 0.717) is 13.0 Å². The van der Waals surface area contributed by atoms with Crippen molar-refractivity contribution < 1.29 is 22.7 Å². The van der Waals surface area contributed by atoms with Gasteiger partial charge in [0, 0.05) is 25.6 Å². The average Bonchev–Trinajstić information content (AvgIpc) is 2.57. The quantitative estimate of drug-likeness (QED) is 0.536. The Balaban J connectivity index is 2.70. The third-order valence-corrected chi connectivity index (χ3v) is 4.80. The predicted molar refractivity (Wildman–Crippen MR) is 103 cm³/mol. The number of hydrogen-bond acceptors (Lipinski definition) is 5. The topological polar surface area (TPSA) is 92.8 Å². The zero-order chi connectivity index (χ0) is 20.7. The van der Waals surface area contributed by atoms with Gasteiger partial charge in [-0.1, -0.05) is 12.0 Å². The fourth-order valence-electron chi connectivity index (χ4n) is 2.19. The number of nitrogens with one attached hydrogen (secondary N) is 1. The number of carbonyl (C=O) groups is 2. The second-order valence-electron chi connectivity index (χ2n) is 6.97. The first-order valence-electron chi connectivity index (χ1n) is 8.47. The van der Waals surface area contributed by atoms with Gasteiger partial charge >= 0.3 is 5.97 Å². The van der Waals surface area contributed by atoms with Gasteiger partial charge in [0.25, 0.3) is 5.91 Å². The lowest BCUT2D eigenvalue weighted by Gasteiger charge is -2.20. The van der Waals surface area contributed by atoms with Gasteiger partial charge in [-0.15, -0.1) is 6.42 Å². The highest BCUT2D eigenvalue weighted by atomic mass is 32.2. The normalized spacial score (nSPS) is 11.5. The second kappa shape index (κ2) is 9.53. The molecule has 0 bridgehead atoms. The van der Waals surface area contributed by atoms with E-state index < -0.39 is 15.6 Å². The number of nitrogens with zero attached hydrogens (tertiary/aromatic N) is 1. The minimum atomic E-state index is -3.77. The fraction of sp³-hybridized carbons (Fsp3) is 0.474. The smallest absolute Gasteiger partial charge is 0.306 e. The molecule has 1 aromatic carbocycles. The third-order valence-electron chi connectivity index (χ3n) is 3.40.